The number of anilines is 1. The normalized spacial score (nSPS) is 13.9. The van der Waals surface area contributed by atoms with Gasteiger partial charge < -0.3 is 14.5 Å². The molecule has 1 aromatic heterocycles. The lowest BCUT2D eigenvalue weighted by Crippen LogP contribution is -2.50. The lowest BCUT2D eigenvalue weighted by molar-refractivity contribution is -0.133. The first-order chi connectivity index (χ1) is 14.6. The van der Waals surface area contributed by atoms with Crippen molar-refractivity contribution >= 4 is 11.7 Å². The van der Waals surface area contributed by atoms with Gasteiger partial charge in [0.1, 0.15) is 0 Å². The molecule has 1 saturated heterocycles. The highest BCUT2D eigenvalue weighted by atomic mass is 19.1. The maximum atomic E-state index is 13.6. The Bertz CT molecular complexity index is 1000. The van der Waals surface area contributed by atoms with Crippen molar-refractivity contribution < 1.29 is 13.9 Å². The van der Waals surface area contributed by atoms with Crippen LogP contribution in [0.15, 0.2) is 60.7 Å². The van der Waals surface area contributed by atoms with Crippen LogP contribution in [0, 0.1) is 12.7 Å². The third-order valence-electron chi connectivity index (χ3n) is 5.14. The summed E-state index contributed by atoms with van der Waals surface area (Å²) in [4.78, 5) is 16.2. The molecule has 2 aromatic carbocycles. The van der Waals surface area contributed by atoms with Gasteiger partial charge in [0.15, 0.2) is 24.0 Å². The van der Waals surface area contributed by atoms with Crippen molar-refractivity contribution in [2.24, 2.45) is 0 Å². The number of carbonyl (C=O) groups excluding carboxylic acids is 1. The monoisotopic (exact) mass is 406 g/mol. The van der Waals surface area contributed by atoms with E-state index in [1.807, 2.05) is 24.3 Å². The second kappa shape index (κ2) is 8.90. The maximum Gasteiger partial charge on any atom is 0.260 e. The molecule has 4 rings (SSSR count). The maximum absolute atomic E-state index is 13.6. The van der Waals surface area contributed by atoms with Crippen molar-refractivity contribution in [1.82, 2.24) is 15.1 Å². The summed E-state index contributed by atoms with van der Waals surface area (Å²) in [5.41, 5.74) is 3.07. The average Bonchev–Trinajstić information content (AvgIpc) is 2.79. The molecule has 7 heteroatoms. The van der Waals surface area contributed by atoms with Crippen molar-refractivity contribution in [2.75, 3.05) is 37.7 Å². The fourth-order valence-electron chi connectivity index (χ4n) is 3.35. The van der Waals surface area contributed by atoms with Crippen molar-refractivity contribution in [3.63, 3.8) is 0 Å². The summed E-state index contributed by atoms with van der Waals surface area (Å²) in [7, 11) is 0. The quantitative estimate of drug-likeness (QED) is 0.651. The van der Waals surface area contributed by atoms with Crippen LogP contribution in [0.3, 0.4) is 0 Å². The van der Waals surface area contributed by atoms with Gasteiger partial charge >= 0.3 is 0 Å². The fraction of sp³-hybridized carbons (Fsp3) is 0.261. The molecule has 0 radical (unpaired) electrons. The zero-order valence-corrected chi connectivity index (χ0v) is 16.8. The molecule has 1 aliphatic rings. The Kier molecular flexibility index (Phi) is 5.88. The van der Waals surface area contributed by atoms with Gasteiger partial charge in [-0.3, -0.25) is 4.79 Å². The Morgan fingerprint density at radius 3 is 2.37 bits per heavy atom. The molecular weight excluding hydrogens is 383 g/mol. The smallest absolute Gasteiger partial charge is 0.260 e. The third kappa shape index (κ3) is 4.56. The second-order valence-electron chi connectivity index (χ2n) is 7.23. The van der Waals surface area contributed by atoms with Gasteiger partial charge in [0.2, 0.25) is 0 Å². The van der Waals surface area contributed by atoms with E-state index in [4.69, 9.17) is 4.74 Å². The van der Waals surface area contributed by atoms with Crippen LogP contribution in [0.4, 0.5) is 10.2 Å². The molecule has 154 valence electrons. The van der Waals surface area contributed by atoms with Gasteiger partial charge in [0, 0.05) is 31.7 Å². The predicted octanol–water partition coefficient (Wildman–Crippen LogP) is 3.32. The molecule has 3 aromatic rings. The van der Waals surface area contributed by atoms with Gasteiger partial charge in [-0.05, 0) is 31.2 Å². The molecule has 0 aliphatic carbocycles. The molecule has 1 amide bonds. The summed E-state index contributed by atoms with van der Waals surface area (Å²) in [6, 6.07) is 18.2. The zero-order valence-electron chi connectivity index (χ0n) is 16.8. The first kappa shape index (κ1) is 19.8. The first-order valence-corrected chi connectivity index (χ1v) is 9.91. The number of hydrogen-bond donors (Lipinski definition) is 0. The van der Waals surface area contributed by atoms with Crippen molar-refractivity contribution in [1.29, 1.82) is 0 Å². The number of carbonyl (C=O) groups is 1. The Balaban J connectivity index is 1.30. The molecule has 0 unspecified atom stereocenters. The zero-order chi connectivity index (χ0) is 20.9. The van der Waals surface area contributed by atoms with E-state index in [1.165, 1.54) is 17.7 Å². The van der Waals surface area contributed by atoms with Gasteiger partial charge in [0.05, 0.1) is 5.69 Å². The van der Waals surface area contributed by atoms with Crippen LogP contribution in [0.5, 0.6) is 5.75 Å². The number of nitrogens with zero attached hydrogens (tertiary/aromatic N) is 4. The van der Waals surface area contributed by atoms with Crippen LogP contribution < -0.4 is 9.64 Å². The molecule has 1 fully saturated rings. The number of rotatable bonds is 5. The standard InChI is InChI=1S/C23H23FN4O2/c1-17-6-8-18(9-7-17)20-10-11-22(26-25-20)27-12-14-28(15-13-27)23(29)16-30-21-5-3-2-4-19(21)24/h2-11H,12-16H2,1H3. The molecule has 6 nitrogen and oxygen atoms in total. The van der Waals surface area contributed by atoms with E-state index in [-0.39, 0.29) is 18.3 Å². The highest BCUT2D eigenvalue weighted by molar-refractivity contribution is 5.78. The summed E-state index contributed by atoms with van der Waals surface area (Å²) in [6.07, 6.45) is 0. The van der Waals surface area contributed by atoms with Crippen LogP contribution in [0.1, 0.15) is 5.56 Å². The molecule has 1 aliphatic heterocycles. The number of aryl methyl sites for hydroxylation is 1. The minimum absolute atomic E-state index is 0.0911. The second-order valence-corrected chi connectivity index (χ2v) is 7.23. The molecule has 0 spiro atoms. The number of para-hydroxylation sites is 1. The lowest BCUT2D eigenvalue weighted by Gasteiger charge is -2.35. The highest BCUT2D eigenvalue weighted by Gasteiger charge is 2.22. The number of ether oxygens (including phenoxy) is 1. The summed E-state index contributed by atoms with van der Waals surface area (Å²) >= 11 is 0. The number of hydrogen-bond acceptors (Lipinski definition) is 5. The Hall–Kier alpha value is -3.48. The minimum atomic E-state index is -0.470. The summed E-state index contributed by atoms with van der Waals surface area (Å²) < 4.78 is 18.9. The molecule has 0 bridgehead atoms. The topological polar surface area (TPSA) is 58.6 Å². The highest BCUT2D eigenvalue weighted by Crippen LogP contribution is 2.20. The molecule has 2 heterocycles. The molecular formula is C23H23FN4O2. The van der Waals surface area contributed by atoms with Crippen LogP contribution in [0.25, 0.3) is 11.3 Å². The van der Waals surface area contributed by atoms with Crippen molar-refractivity contribution in [2.45, 2.75) is 6.92 Å². The summed E-state index contributed by atoms with van der Waals surface area (Å²) in [6.45, 7) is 4.30. The average molecular weight is 406 g/mol. The summed E-state index contributed by atoms with van der Waals surface area (Å²) in [5, 5.41) is 8.71. The molecule has 30 heavy (non-hydrogen) atoms. The molecule has 0 N–H and O–H groups in total. The van der Waals surface area contributed by atoms with E-state index in [2.05, 4.69) is 34.2 Å². The predicted molar refractivity (Wildman–Crippen MR) is 113 cm³/mol. The van der Waals surface area contributed by atoms with Crippen molar-refractivity contribution in [3.05, 3.63) is 72.0 Å². The van der Waals surface area contributed by atoms with E-state index in [0.29, 0.717) is 26.2 Å². The van der Waals surface area contributed by atoms with Gasteiger partial charge in [-0.1, -0.05) is 42.0 Å². The lowest BCUT2D eigenvalue weighted by atomic mass is 10.1. The van der Waals surface area contributed by atoms with E-state index < -0.39 is 5.82 Å². The van der Waals surface area contributed by atoms with Crippen molar-refractivity contribution in [3.8, 4) is 17.0 Å². The van der Waals surface area contributed by atoms with Gasteiger partial charge in [-0.25, -0.2) is 4.39 Å². The van der Waals surface area contributed by atoms with E-state index in [9.17, 15) is 9.18 Å². The number of benzene rings is 2. The van der Waals surface area contributed by atoms with Gasteiger partial charge in [0.25, 0.3) is 5.91 Å². The Labute approximate surface area is 174 Å². The number of halogens is 1. The Morgan fingerprint density at radius 2 is 1.70 bits per heavy atom. The van der Waals surface area contributed by atoms with Gasteiger partial charge in [-0.15, -0.1) is 10.2 Å². The number of piperazine rings is 1. The molecule has 0 atom stereocenters. The molecule has 0 saturated carbocycles. The number of aromatic nitrogens is 2. The van der Waals surface area contributed by atoms with E-state index in [1.54, 1.807) is 17.0 Å². The van der Waals surface area contributed by atoms with E-state index >= 15 is 0 Å². The van der Waals surface area contributed by atoms with Gasteiger partial charge in [-0.2, -0.15) is 0 Å². The van der Waals surface area contributed by atoms with Crippen LogP contribution >= 0.6 is 0 Å². The minimum Gasteiger partial charge on any atom is -0.481 e. The third-order valence-corrected chi connectivity index (χ3v) is 5.14. The first-order valence-electron chi connectivity index (χ1n) is 9.91. The Morgan fingerprint density at radius 1 is 0.967 bits per heavy atom. The SMILES string of the molecule is Cc1ccc(-c2ccc(N3CCN(C(=O)COc4ccccc4F)CC3)nn2)cc1. The van der Waals surface area contributed by atoms with E-state index in [0.717, 1.165) is 17.1 Å². The number of amides is 1. The fourth-order valence-corrected chi connectivity index (χ4v) is 3.35. The largest absolute Gasteiger partial charge is 0.481 e. The van der Waals surface area contributed by atoms with Crippen LogP contribution in [-0.4, -0.2) is 53.8 Å². The van der Waals surface area contributed by atoms with Crippen LogP contribution in [-0.2, 0) is 4.79 Å². The summed E-state index contributed by atoms with van der Waals surface area (Å²) in [5.74, 6) is 0.260. The van der Waals surface area contributed by atoms with Crippen LogP contribution in [0.2, 0.25) is 0 Å².